The maximum Gasteiger partial charge on any atom is 0.251 e. The van der Waals surface area contributed by atoms with Gasteiger partial charge in [-0.2, -0.15) is 0 Å². The molecule has 0 radical (unpaired) electrons. The highest BCUT2D eigenvalue weighted by molar-refractivity contribution is 5.97. The SMILES string of the molecule is CC(C)C(NC(=O)c1ccc(F)cc1)C(=O)NCCN1CCN(c2ccccc2)CC1. The molecule has 1 aliphatic rings. The van der Waals surface area contributed by atoms with Crippen LogP contribution in [0, 0.1) is 11.7 Å². The van der Waals surface area contributed by atoms with Crippen LogP contribution in [0.3, 0.4) is 0 Å². The van der Waals surface area contributed by atoms with Crippen molar-refractivity contribution in [3.8, 4) is 0 Å². The van der Waals surface area contributed by atoms with Gasteiger partial charge in [-0.3, -0.25) is 14.5 Å². The highest BCUT2D eigenvalue weighted by Gasteiger charge is 2.25. The summed E-state index contributed by atoms with van der Waals surface area (Å²) in [5, 5.41) is 5.72. The number of anilines is 1. The van der Waals surface area contributed by atoms with E-state index < -0.39 is 11.9 Å². The Bertz CT molecular complexity index is 850. The van der Waals surface area contributed by atoms with E-state index in [0.717, 1.165) is 32.7 Å². The topological polar surface area (TPSA) is 64.7 Å². The third-order valence-corrected chi connectivity index (χ3v) is 5.56. The zero-order chi connectivity index (χ0) is 22.2. The van der Waals surface area contributed by atoms with Crippen LogP contribution >= 0.6 is 0 Å². The second-order valence-corrected chi connectivity index (χ2v) is 8.16. The van der Waals surface area contributed by atoms with Gasteiger partial charge in [-0.25, -0.2) is 4.39 Å². The van der Waals surface area contributed by atoms with Crippen molar-refractivity contribution in [2.24, 2.45) is 5.92 Å². The monoisotopic (exact) mass is 426 g/mol. The predicted molar refractivity (Wildman–Crippen MR) is 121 cm³/mol. The van der Waals surface area contributed by atoms with E-state index in [4.69, 9.17) is 0 Å². The van der Waals surface area contributed by atoms with Crippen molar-refractivity contribution in [2.45, 2.75) is 19.9 Å². The number of rotatable bonds is 8. The minimum Gasteiger partial charge on any atom is -0.369 e. The number of halogens is 1. The number of nitrogens with zero attached hydrogens (tertiary/aromatic N) is 2. The first-order chi connectivity index (χ1) is 14.9. The van der Waals surface area contributed by atoms with Crippen LogP contribution in [0.5, 0.6) is 0 Å². The molecule has 6 nitrogen and oxygen atoms in total. The average molecular weight is 427 g/mol. The molecule has 31 heavy (non-hydrogen) atoms. The van der Waals surface area contributed by atoms with Gasteiger partial charge in [0.05, 0.1) is 0 Å². The van der Waals surface area contributed by atoms with E-state index in [2.05, 4.69) is 44.7 Å². The third kappa shape index (κ3) is 6.52. The lowest BCUT2D eigenvalue weighted by Gasteiger charge is -2.36. The molecule has 3 rings (SSSR count). The summed E-state index contributed by atoms with van der Waals surface area (Å²) in [6.07, 6.45) is 0. The molecule has 0 aromatic heterocycles. The van der Waals surface area contributed by atoms with Crippen LogP contribution in [0.4, 0.5) is 10.1 Å². The van der Waals surface area contributed by atoms with Crippen molar-refractivity contribution in [2.75, 3.05) is 44.2 Å². The lowest BCUT2D eigenvalue weighted by Crippen LogP contribution is -2.52. The summed E-state index contributed by atoms with van der Waals surface area (Å²) in [4.78, 5) is 29.8. The number of hydrogen-bond donors (Lipinski definition) is 2. The molecule has 2 amide bonds. The average Bonchev–Trinajstić information content (AvgIpc) is 2.78. The number of hydrogen-bond acceptors (Lipinski definition) is 4. The van der Waals surface area contributed by atoms with Gasteiger partial charge in [0.15, 0.2) is 0 Å². The highest BCUT2D eigenvalue weighted by Crippen LogP contribution is 2.15. The Balaban J connectivity index is 1.43. The maximum atomic E-state index is 13.1. The van der Waals surface area contributed by atoms with Gasteiger partial charge < -0.3 is 15.5 Å². The minimum atomic E-state index is -0.646. The first kappa shape index (κ1) is 22.7. The van der Waals surface area contributed by atoms with Crippen LogP contribution in [0.1, 0.15) is 24.2 Å². The second kappa shape index (κ2) is 10.9. The fourth-order valence-electron chi connectivity index (χ4n) is 3.68. The number of amides is 2. The summed E-state index contributed by atoms with van der Waals surface area (Å²) >= 11 is 0. The molecule has 7 heteroatoms. The number of para-hydroxylation sites is 1. The van der Waals surface area contributed by atoms with Gasteiger partial charge >= 0.3 is 0 Å². The summed E-state index contributed by atoms with van der Waals surface area (Å²) in [7, 11) is 0. The molecule has 1 fully saturated rings. The van der Waals surface area contributed by atoms with Gasteiger partial charge in [0.1, 0.15) is 11.9 Å². The van der Waals surface area contributed by atoms with Crippen LogP contribution in [-0.2, 0) is 4.79 Å². The molecule has 0 spiro atoms. The Hall–Kier alpha value is -2.93. The van der Waals surface area contributed by atoms with E-state index in [1.807, 2.05) is 19.9 Å². The van der Waals surface area contributed by atoms with Crippen LogP contribution in [0.2, 0.25) is 0 Å². The van der Waals surface area contributed by atoms with E-state index in [1.165, 1.54) is 30.0 Å². The zero-order valence-electron chi connectivity index (χ0n) is 18.2. The number of carbonyl (C=O) groups is 2. The van der Waals surface area contributed by atoms with E-state index in [9.17, 15) is 14.0 Å². The molecule has 2 N–H and O–H groups in total. The smallest absolute Gasteiger partial charge is 0.251 e. The molecular formula is C24H31FN4O2. The molecule has 1 atom stereocenters. The number of benzene rings is 2. The maximum absolute atomic E-state index is 13.1. The molecule has 2 aromatic rings. The summed E-state index contributed by atoms with van der Waals surface area (Å²) in [6, 6.07) is 15.0. The van der Waals surface area contributed by atoms with Gasteiger partial charge in [-0.1, -0.05) is 32.0 Å². The Labute approximate surface area is 183 Å². The molecule has 166 valence electrons. The first-order valence-corrected chi connectivity index (χ1v) is 10.8. The van der Waals surface area contributed by atoms with Crippen molar-refractivity contribution in [3.05, 3.63) is 66.0 Å². The Morgan fingerprint density at radius 1 is 0.968 bits per heavy atom. The van der Waals surface area contributed by atoms with Crippen molar-refractivity contribution in [3.63, 3.8) is 0 Å². The molecule has 2 aromatic carbocycles. The molecule has 1 saturated heterocycles. The quantitative estimate of drug-likeness (QED) is 0.681. The van der Waals surface area contributed by atoms with Crippen molar-refractivity contribution < 1.29 is 14.0 Å². The summed E-state index contributed by atoms with van der Waals surface area (Å²) in [5.74, 6) is -1.06. The van der Waals surface area contributed by atoms with Crippen LogP contribution in [0.25, 0.3) is 0 Å². The normalized spacial score (nSPS) is 15.5. The van der Waals surface area contributed by atoms with Crippen molar-refractivity contribution in [1.82, 2.24) is 15.5 Å². The first-order valence-electron chi connectivity index (χ1n) is 10.8. The lowest BCUT2D eigenvalue weighted by atomic mass is 10.0. The third-order valence-electron chi connectivity index (χ3n) is 5.56. The molecule has 0 aliphatic carbocycles. The molecule has 1 heterocycles. The summed E-state index contributed by atoms with van der Waals surface area (Å²) < 4.78 is 13.1. The minimum absolute atomic E-state index is 0.0705. The molecular weight excluding hydrogens is 395 g/mol. The summed E-state index contributed by atoms with van der Waals surface area (Å²) in [5.41, 5.74) is 1.57. The standard InChI is InChI=1S/C24H31FN4O2/c1-18(2)22(27-23(30)19-8-10-20(25)11-9-19)24(31)26-12-13-28-14-16-29(17-15-28)21-6-4-3-5-7-21/h3-11,18,22H,12-17H2,1-2H3,(H,26,31)(H,27,30). The van der Waals surface area contributed by atoms with Gasteiger partial charge in [0.25, 0.3) is 5.91 Å². The Kier molecular flexibility index (Phi) is 8.00. The van der Waals surface area contributed by atoms with E-state index >= 15 is 0 Å². The molecule has 0 bridgehead atoms. The van der Waals surface area contributed by atoms with E-state index in [-0.39, 0.29) is 17.7 Å². The lowest BCUT2D eigenvalue weighted by molar-refractivity contribution is -0.124. The zero-order valence-corrected chi connectivity index (χ0v) is 18.2. The summed E-state index contributed by atoms with van der Waals surface area (Å²) in [6.45, 7) is 8.88. The fraction of sp³-hybridized carbons (Fsp3) is 0.417. The van der Waals surface area contributed by atoms with Gasteiger partial charge in [-0.15, -0.1) is 0 Å². The molecule has 0 saturated carbocycles. The van der Waals surface area contributed by atoms with Gasteiger partial charge in [0, 0.05) is 50.5 Å². The highest BCUT2D eigenvalue weighted by atomic mass is 19.1. The van der Waals surface area contributed by atoms with Crippen LogP contribution < -0.4 is 15.5 Å². The Morgan fingerprint density at radius 3 is 2.23 bits per heavy atom. The van der Waals surface area contributed by atoms with Crippen LogP contribution in [0.15, 0.2) is 54.6 Å². The van der Waals surface area contributed by atoms with Crippen molar-refractivity contribution in [1.29, 1.82) is 0 Å². The van der Waals surface area contributed by atoms with E-state index in [1.54, 1.807) is 0 Å². The van der Waals surface area contributed by atoms with Crippen molar-refractivity contribution >= 4 is 17.5 Å². The molecule has 1 aliphatic heterocycles. The Morgan fingerprint density at radius 2 is 1.61 bits per heavy atom. The predicted octanol–water partition coefficient (Wildman–Crippen LogP) is 2.52. The molecule has 1 unspecified atom stereocenters. The largest absolute Gasteiger partial charge is 0.369 e. The fourth-order valence-corrected chi connectivity index (χ4v) is 3.68. The number of piperazine rings is 1. The van der Waals surface area contributed by atoms with Gasteiger partial charge in [0.2, 0.25) is 5.91 Å². The second-order valence-electron chi connectivity index (χ2n) is 8.16. The number of carbonyl (C=O) groups excluding carboxylic acids is 2. The van der Waals surface area contributed by atoms with Gasteiger partial charge in [-0.05, 0) is 42.3 Å². The van der Waals surface area contributed by atoms with Crippen LogP contribution in [-0.4, -0.2) is 62.0 Å². The van der Waals surface area contributed by atoms with E-state index in [0.29, 0.717) is 12.1 Å². The number of nitrogens with one attached hydrogen (secondary N) is 2.